The molecule has 1 heterocycles. The number of hydrogen-bond donors (Lipinski definition) is 1. The number of benzene rings is 2. The molecule has 0 aliphatic carbocycles. The zero-order chi connectivity index (χ0) is 18.6. The number of anilines is 1. The van der Waals surface area contributed by atoms with Gasteiger partial charge in [-0.15, -0.1) is 0 Å². The minimum absolute atomic E-state index is 0.196. The van der Waals surface area contributed by atoms with E-state index in [0.29, 0.717) is 19.8 Å². The molecule has 1 N–H and O–H groups in total. The van der Waals surface area contributed by atoms with Crippen molar-refractivity contribution in [2.45, 2.75) is 12.7 Å². The van der Waals surface area contributed by atoms with Crippen LogP contribution in [0, 0.1) is 0 Å². The first kappa shape index (κ1) is 18.3. The van der Waals surface area contributed by atoms with Crippen molar-refractivity contribution in [1.29, 1.82) is 0 Å². The standard InChI is InChI=1S/C19H19F3N2O2/c20-19(21,22)16-7-5-14(6-8-16)18(25)23-13-15-3-1-2-4-17(15)24-9-11-26-12-10-24/h1-8H,9-13H2,(H,23,25). The Labute approximate surface area is 149 Å². The molecule has 3 rings (SSSR count). The number of carbonyl (C=O) groups is 1. The summed E-state index contributed by atoms with van der Waals surface area (Å²) in [6.45, 7) is 3.18. The molecule has 0 atom stereocenters. The summed E-state index contributed by atoms with van der Waals surface area (Å²) in [4.78, 5) is 14.4. The molecule has 2 aromatic rings. The summed E-state index contributed by atoms with van der Waals surface area (Å²) in [7, 11) is 0. The number of alkyl halides is 3. The van der Waals surface area contributed by atoms with Crippen molar-refractivity contribution in [1.82, 2.24) is 5.32 Å². The monoisotopic (exact) mass is 364 g/mol. The van der Waals surface area contributed by atoms with Crippen LogP contribution in [0.5, 0.6) is 0 Å². The van der Waals surface area contributed by atoms with Crippen molar-refractivity contribution in [3.63, 3.8) is 0 Å². The molecule has 0 radical (unpaired) electrons. The van der Waals surface area contributed by atoms with E-state index in [1.165, 1.54) is 12.1 Å². The Balaban J connectivity index is 1.66. The molecule has 7 heteroatoms. The van der Waals surface area contributed by atoms with Gasteiger partial charge in [-0.3, -0.25) is 4.79 Å². The molecule has 1 amide bonds. The minimum Gasteiger partial charge on any atom is -0.378 e. The van der Waals surface area contributed by atoms with Gasteiger partial charge in [0.05, 0.1) is 18.8 Å². The van der Waals surface area contributed by atoms with E-state index in [9.17, 15) is 18.0 Å². The van der Waals surface area contributed by atoms with Crippen molar-refractivity contribution in [2.75, 3.05) is 31.2 Å². The van der Waals surface area contributed by atoms with Crippen LogP contribution in [0.2, 0.25) is 0 Å². The van der Waals surface area contributed by atoms with Gasteiger partial charge < -0.3 is 15.0 Å². The molecule has 0 bridgehead atoms. The van der Waals surface area contributed by atoms with Gasteiger partial charge in [0.2, 0.25) is 0 Å². The number of rotatable bonds is 4. The Morgan fingerprint density at radius 2 is 1.69 bits per heavy atom. The normalized spacial score (nSPS) is 15.0. The number of morpholine rings is 1. The molecular formula is C19H19F3N2O2. The first-order valence-electron chi connectivity index (χ1n) is 8.31. The van der Waals surface area contributed by atoms with Crippen molar-refractivity contribution in [3.8, 4) is 0 Å². The second kappa shape index (κ2) is 7.78. The van der Waals surface area contributed by atoms with E-state index in [0.717, 1.165) is 36.5 Å². The fourth-order valence-electron chi connectivity index (χ4n) is 2.86. The molecule has 1 aliphatic heterocycles. The Bertz CT molecular complexity index is 754. The summed E-state index contributed by atoms with van der Waals surface area (Å²) in [6, 6.07) is 11.9. The maximum absolute atomic E-state index is 12.6. The number of para-hydroxylation sites is 1. The third-order valence-electron chi connectivity index (χ3n) is 4.26. The third kappa shape index (κ3) is 4.35. The Hall–Kier alpha value is -2.54. The molecule has 1 saturated heterocycles. The van der Waals surface area contributed by atoms with Crippen LogP contribution in [-0.2, 0) is 17.5 Å². The SMILES string of the molecule is O=C(NCc1ccccc1N1CCOCC1)c1ccc(C(F)(F)F)cc1. The predicted molar refractivity (Wildman–Crippen MR) is 92.1 cm³/mol. The number of amides is 1. The lowest BCUT2D eigenvalue weighted by atomic mass is 10.1. The van der Waals surface area contributed by atoms with Crippen LogP contribution in [0.3, 0.4) is 0 Å². The van der Waals surface area contributed by atoms with Crippen molar-refractivity contribution < 1.29 is 22.7 Å². The minimum atomic E-state index is -4.41. The summed E-state index contributed by atoms with van der Waals surface area (Å²) >= 11 is 0. The molecule has 0 aromatic heterocycles. The third-order valence-corrected chi connectivity index (χ3v) is 4.26. The topological polar surface area (TPSA) is 41.6 Å². The first-order chi connectivity index (χ1) is 12.4. The highest BCUT2D eigenvalue weighted by atomic mass is 19.4. The number of ether oxygens (including phenoxy) is 1. The van der Waals surface area contributed by atoms with Crippen molar-refractivity contribution in [3.05, 3.63) is 65.2 Å². The lowest BCUT2D eigenvalue weighted by molar-refractivity contribution is -0.137. The fraction of sp³-hybridized carbons (Fsp3) is 0.316. The average molecular weight is 364 g/mol. The number of nitrogens with one attached hydrogen (secondary N) is 1. The summed E-state index contributed by atoms with van der Waals surface area (Å²) in [5.74, 6) is -0.407. The van der Waals surface area contributed by atoms with E-state index in [2.05, 4.69) is 10.2 Å². The van der Waals surface area contributed by atoms with E-state index in [-0.39, 0.29) is 5.56 Å². The highest BCUT2D eigenvalue weighted by Gasteiger charge is 2.30. The molecule has 26 heavy (non-hydrogen) atoms. The van der Waals surface area contributed by atoms with E-state index in [1.807, 2.05) is 24.3 Å². The lowest BCUT2D eigenvalue weighted by Gasteiger charge is -2.30. The average Bonchev–Trinajstić information content (AvgIpc) is 2.66. The molecule has 4 nitrogen and oxygen atoms in total. The summed E-state index contributed by atoms with van der Waals surface area (Å²) in [5, 5.41) is 2.77. The van der Waals surface area contributed by atoms with Crippen LogP contribution in [0.1, 0.15) is 21.5 Å². The summed E-state index contributed by atoms with van der Waals surface area (Å²) in [5.41, 5.74) is 1.41. The predicted octanol–water partition coefficient (Wildman–Crippen LogP) is 3.47. The van der Waals surface area contributed by atoms with Gasteiger partial charge in [-0.25, -0.2) is 0 Å². The fourth-order valence-corrected chi connectivity index (χ4v) is 2.86. The first-order valence-corrected chi connectivity index (χ1v) is 8.31. The van der Waals surface area contributed by atoms with Crippen LogP contribution in [0.4, 0.5) is 18.9 Å². The molecular weight excluding hydrogens is 345 g/mol. The molecule has 1 aliphatic rings. The number of carbonyl (C=O) groups excluding carboxylic acids is 1. The van der Waals surface area contributed by atoms with Crippen molar-refractivity contribution in [2.24, 2.45) is 0 Å². The van der Waals surface area contributed by atoms with Gasteiger partial charge in [0.15, 0.2) is 0 Å². The second-order valence-electron chi connectivity index (χ2n) is 5.99. The highest BCUT2D eigenvalue weighted by molar-refractivity contribution is 5.94. The Kier molecular flexibility index (Phi) is 5.46. The maximum Gasteiger partial charge on any atom is 0.416 e. The van der Waals surface area contributed by atoms with Crippen LogP contribution < -0.4 is 10.2 Å². The molecule has 0 saturated carbocycles. The smallest absolute Gasteiger partial charge is 0.378 e. The van der Waals surface area contributed by atoms with E-state index in [4.69, 9.17) is 4.74 Å². The van der Waals surface area contributed by atoms with Crippen LogP contribution >= 0.6 is 0 Å². The molecule has 0 unspecified atom stereocenters. The van der Waals surface area contributed by atoms with Gasteiger partial charge in [-0.05, 0) is 35.9 Å². The number of halogens is 3. The molecule has 1 fully saturated rings. The summed E-state index contributed by atoms with van der Waals surface area (Å²) < 4.78 is 43.2. The quantitative estimate of drug-likeness (QED) is 0.903. The van der Waals surface area contributed by atoms with Gasteiger partial charge in [-0.1, -0.05) is 18.2 Å². The van der Waals surface area contributed by atoms with Gasteiger partial charge in [0, 0.05) is 30.9 Å². The Morgan fingerprint density at radius 3 is 2.35 bits per heavy atom. The molecule has 2 aromatic carbocycles. The van der Waals surface area contributed by atoms with Gasteiger partial charge >= 0.3 is 6.18 Å². The second-order valence-corrected chi connectivity index (χ2v) is 5.99. The lowest BCUT2D eigenvalue weighted by Crippen LogP contribution is -2.37. The largest absolute Gasteiger partial charge is 0.416 e. The van der Waals surface area contributed by atoms with E-state index in [1.54, 1.807) is 0 Å². The van der Waals surface area contributed by atoms with Gasteiger partial charge in [-0.2, -0.15) is 13.2 Å². The van der Waals surface area contributed by atoms with Crippen LogP contribution in [-0.4, -0.2) is 32.2 Å². The van der Waals surface area contributed by atoms with Crippen LogP contribution in [0.25, 0.3) is 0 Å². The van der Waals surface area contributed by atoms with Gasteiger partial charge in [0.1, 0.15) is 0 Å². The maximum atomic E-state index is 12.6. The molecule has 0 spiro atoms. The highest BCUT2D eigenvalue weighted by Crippen LogP contribution is 2.29. The van der Waals surface area contributed by atoms with Crippen LogP contribution in [0.15, 0.2) is 48.5 Å². The number of nitrogens with zero attached hydrogens (tertiary/aromatic N) is 1. The zero-order valence-electron chi connectivity index (χ0n) is 14.1. The van der Waals surface area contributed by atoms with E-state index >= 15 is 0 Å². The Morgan fingerprint density at radius 1 is 1.04 bits per heavy atom. The molecule has 138 valence electrons. The van der Waals surface area contributed by atoms with Gasteiger partial charge in [0.25, 0.3) is 5.91 Å². The van der Waals surface area contributed by atoms with E-state index < -0.39 is 17.6 Å². The van der Waals surface area contributed by atoms with Crippen molar-refractivity contribution >= 4 is 11.6 Å². The number of hydrogen-bond acceptors (Lipinski definition) is 3. The zero-order valence-corrected chi connectivity index (χ0v) is 14.1. The summed E-state index contributed by atoms with van der Waals surface area (Å²) in [6.07, 6.45) is -4.41.